The molecular formula is C25H27N3O5S. The van der Waals surface area contributed by atoms with Gasteiger partial charge < -0.3 is 14.8 Å². The van der Waals surface area contributed by atoms with E-state index in [1.54, 1.807) is 48.5 Å². The van der Waals surface area contributed by atoms with Gasteiger partial charge in [-0.1, -0.05) is 0 Å². The molecule has 0 atom stereocenters. The summed E-state index contributed by atoms with van der Waals surface area (Å²) in [6.07, 6.45) is 1.27. The van der Waals surface area contributed by atoms with Crippen LogP contribution in [0.5, 0.6) is 11.5 Å². The molecule has 0 aliphatic heterocycles. The molecule has 0 radical (unpaired) electrons. The number of hydrogen-bond acceptors (Lipinski definition) is 6. The van der Waals surface area contributed by atoms with E-state index < -0.39 is 10.0 Å². The molecule has 3 aromatic carbocycles. The molecule has 0 aliphatic carbocycles. The lowest BCUT2D eigenvalue weighted by Gasteiger charge is -2.20. The predicted octanol–water partition coefficient (Wildman–Crippen LogP) is 5.00. The van der Waals surface area contributed by atoms with Gasteiger partial charge in [-0.2, -0.15) is 0 Å². The molecule has 178 valence electrons. The number of hydrogen-bond donors (Lipinski definition) is 1. The van der Waals surface area contributed by atoms with E-state index in [0.29, 0.717) is 41.8 Å². The highest BCUT2D eigenvalue weighted by Gasteiger charge is 2.24. The zero-order valence-corrected chi connectivity index (χ0v) is 20.1. The molecule has 9 heteroatoms. The zero-order chi connectivity index (χ0) is 24.6. The molecule has 0 fully saturated rings. The number of sulfonamides is 1. The normalized spacial score (nSPS) is 11.3. The van der Waals surface area contributed by atoms with Crippen molar-refractivity contribution in [2.75, 3.05) is 22.8 Å². The van der Waals surface area contributed by atoms with Gasteiger partial charge in [0.05, 0.1) is 29.5 Å². The summed E-state index contributed by atoms with van der Waals surface area (Å²) in [6, 6.07) is 19.7. The first-order valence-electron chi connectivity index (χ1n) is 10.8. The SMILES string of the molecule is CCOc1ccc(N=CN(c2ccc(OCC)cc2)S(=O)(=O)c2ccc(NC(C)=O)cc2)cc1. The Morgan fingerprint density at radius 3 is 1.91 bits per heavy atom. The Labute approximate surface area is 199 Å². The highest BCUT2D eigenvalue weighted by atomic mass is 32.2. The number of ether oxygens (including phenoxy) is 2. The second-order valence-electron chi connectivity index (χ2n) is 7.10. The number of rotatable bonds is 10. The predicted molar refractivity (Wildman–Crippen MR) is 134 cm³/mol. The minimum absolute atomic E-state index is 0.0497. The van der Waals surface area contributed by atoms with Gasteiger partial charge in [-0.15, -0.1) is 0 Å². The molecule has 3 rings (SSSR count). The monoisotopic (exact) mass is 481 g/mol. The van der Waals surface area contributed by atoms with Crippen molar-refractivity contribution in [3.05, 3.63) is 72.8 Å². The lowest BCUT2D eigenvalue weighted by atomic mass is 10.3. The second-order valence-corrected chi connectivity index (χ2v) is 8.92. The summed E-state index contributed by atoms with van der Waals surface area (Å²) in [5.41, 5.74) is 1.46. The number of nitrogens with zero attached hydrogens (tertiary/aromatic N) is 2. The quantitative estimate of drug-likeness (QED) is 0.325. The van der Waals surface area contributed by atoms with Crippen molar-refractivity contribution >= 4 is 39.3 Å². The third kappa shape index (κ3) is 6.35. The van der Waals surface area contributed by atoms with Crippen LogP contribution in [0.4, 0.5) is 17.1 Å². The first-order valence-corrected chi connectivity index (χ1v) is 12.2. The molecule has 0 saturated heterocycles. The number of anilines is 2. The molecule has 0 aliphatic rings. The molecule has 34 heavy (non-hydrogen) atoms. The Hall–Kier alpha value is -3.85. The van der Waals surface area contributed by atoms with Crippen molar-refractivity contribution in [2.45, 2.75) is 25.7 Å². The summed E-state index contributed by atoms with van der Waals surface area (Å²) >= 11 is 0. The van der Waals surface area contributed by atoms with Crippen LogP contribution in [0.3, 0.4) is 0 Å². The largest absolute Gasteiger partial charge is 0.494 e. The van der Waals surface area contributed by atoms with Crippen molar-refractivity contribution in [1.82, 2.24) is 0 Å². The molecule has 0 heterocycles. The van der Waals surface area contributed by atoms with Gasteiger partial charge >= 0.3 is 0 Å². The van der Waals surface area contributed by atoms with E-state index in [9.17, 15) is 13.2 Å². The van der Waals surface area contributed by atoms with Crippen LogP contribution in [0.15, 0.2) is 82.7 Å². The summed E-state index contributed by atoms with van der Waals surface area (Å²) in [5, 5.41) is 2.62. The van der Waals surface area contributed by atoms with Crippen LogP contribution in [0, 0.1) is 0 Å². The van der Waals surface area contributed by atoms with Gasteiger partial charge in [0.15, 0.2) is 0 Å². The van der Waals surface area contributed by atoms with Crippen molar-refractivity contribution in [3.8, 4) is 11.5 Å². The Balaban J connectivity index is 1.96. The van der Waals surface area contributed by atoms with Crippen LogP contribution in [0.1, 0.15) is 20.8 Å². The van der Waals surface area contributed by atoms with Crippen molar-refractivity contribution < 1.29 is 22.7 Å². The Morgan fingerprint density at radius 1 is 0.882 bits per heavy atom. The van der Waals surface area contributed by atoms with Gasteiger partial charge in [-0.05, 0) is 86.6 Å². The zero-order valence-electron chi connectivity index (χ0n) is 19.3. The maximum atomic E-state index is 13.5. The molecule has 0 aromatic heterocycles. The number of nitrogens with one attached hydrogen (secondary N) is 1. The van der Waals surface area contributed by atoms with Crippen LogP contribution in [0.25, 0.3) is 0 Å². The standard InChI is InChI=1S/C25H27N3O5S/c1-4-32-23-12-6-20(7-13-23)26-18-28(22-10-14-24(15-11-22)33-5-2)34(30,31)25-16-8-21(9-17-25)27-19(3)29/h6-18H,4-5H2,1-3H3,(H,27,29). The van der Waals surface area contributed by atoms with Gasteiger partial charge in [0.2, 0.25) is 5.91 Å². The fraction of sp³-hybridized carbons (Fsp3) is 0.200. The highest BCUT2D eigenvalue weighted by Crippen LogP contribution is 2.27. The smallest absolute Gasteiger partial charge is 0.269 e. The third-order valence-electron chi connectivity index (χ3n) is 4.59. The Kier molecular flexibility index (Phi) is 8.26. The van der Waals surface area contributed by atoms with E-state index in [1.807, 2.05) is 13.8 Å². The minimum atomic E-state index is -4.01. The first-order chi connectivity index (χ1) is 16.3. The molecule has 8 nitrogen and oxygen atoms in total. The summed E-state index contributed by atoms with van der Waals surface area (Å²) in [6.45, 7) is 6.21. The number of benzene rings is 3. The van der Waals surface area contributed by atoms with Gasteiger partial charge in [-0.3, -0.25) is 4.79 Å². The summed E-state index contributed by atoms with van der Waals surface area (Å²) in [7, 11) is -4.01. The van der Waals surface area contributed by atoms with E-state index >= 15 is 0 Å². The van der Waals surface area contributed by atoms with Crippen LogP contribution in [-0.2, 0) is 14.8 Å². The molecule has 0 unspecified atom stereocenters. The molecule has 0 saturated carbocycles. The van der Waals surface area contributed by atoms with Crippen LogP contribution < -0.4 is 19.1 Å². The van der Waals surface area contributed by atoms with E-state index in [2.05, 4.69) is 10.3 Å². The van der Waals surface area contributed by atoms with Crippen molar-refractivity contribution in [2.24, 2.45) is 4.99 Å². The van der Waals surface area contributed by atoms with Crippen LogP contribution in [-0.4, -0.2) is 33.9 Å². The van der Waals surface area contributed by atoms with E-state index in [1.165, 1.54) is 37.5 Å². The molecule has 0 spiro atoms. The maximum Gasteiger partial charge on any atom is 0.269 e. The third-order valence-corrected chi connectivity index (χ3v) is 6.28. The first kappa shape index (κ1) is 24.8. The summed E-state index contributed by atoms with van der Waals surface area (Å²) in [4.78, 5) is 15.7. The Bertz CT molecular complexity index is 1220. The number of carbonyl (C=O) groups excluding carboxylic acids is 1. The number of amides is 1. The lowest BCUT2D eigenvalue weighted by molar-refractivity contribution is -0.114. The minimum Gasteiger partial charge on any atom is -0.494 e. The Morgan fingerprint density at radius 2 is 1.41 bits per heavy atom. The molecule has 3 aromatic rings. The van der Waals surface area contributed by atoms with E-state index in [0.717, 1.165) is 4.31 Å². The number of aliphatic imine (C=N–C) groups is 1. The number of carbonyl (C=O) groups is 1. The summed E-state index contributed by atoms with van der Waals surface area (Å²) in [5.74, 6) is 1.09. The van der Waals surface area contributed by atoms with Gasteiger partial charge in [-0.25, -0.2) is 17.7 Å². The topological polar surface area (TPSA) is 97.3 Å². The fourth-order valence-electron chi connectivity index (χ4n) is 3.06. The molecule has 1 N–H and O–H groups in total. The van der Waals surface area contributed by atoms with Gasteiger partial charge in [0, 0.05) is 12.6 Å². The van der Waals surface area contributed by atoms with E-state index in [-0.39, 0.29) is 10.8 Å². The van der Waals surface area contributed by atoms with Crippen LogP contribution >= 0.6 is 0 Å². The average Bonchev–Trinajstić information content (AvgIpc) is 2.81. The van der Waals surface area contributed by atoms with Crippen molar-refractivity contribution in [1.29, 1.82) is 0 Å². The van der Waals surface area contributed by atoms with Crippen LogP contribution in [0.2, 0.25) is 0 Å². The molecular weight excluding hydrogens is 454 g/mol. The second kappa shape index (κ2) is 11.3. The van der Waals surface area contributed by atoms with Gasteiger partial charge in [0.25, 0.3) is 10.0 Å². The lowest BCUT2D eigenvalue weighted by Crippen LogP contribution is -2.29. The van der Waals surface area contributed by atoms with Crippen molar-refractivity contribution in [3.63, 3.8) is 0 Å². The summed E-state index contributed by atoms with van der Waals surface area (Å²) < 4.78 is 39.1. The molecule has 0 bridgehead atoms. The maximum absolute atomic E-state index is 13.5. The highest BCUT2D eigenvalue weighted by molar-refractivity contribution is 7.93. The van der Waals surface area contributed by atoms with Gasteiger partial charge in [0.1, 0.15) is 17.8 Å². The average molecular weight is 482 g/mol. The van der Waals surface area contributed by atoms with E-state index in [4.69, 9.17) is 9.47 Å². The molecule has 1 amide bonds. The fourth-order valence-corrected chi connectivity index (χ4v) is 4.34.